The van der Waals surface area contributed by atoms with E-state index in [-0.39, 0.29) is 5.82 Å². The third-order valence-corrected chi connectivity index (χ3v) is 3.08. The molecule has 0 aliphatic heterocycles. The second kappa shape index (κ2) is 4.98. The van der Waals surface area contributed by atoms with Gasteiger partial charge >= 0.3 is 0 Å². The lowest BCUT2D eigenvalue weighted by atomic mass is 10.1. The van der Waals surface area contributed by atoms with Crippen molar-refractivity contribution in [2.75, 3.05) is 6.26 Å². The van der Waals surface area contributed by atoms with Gasteiger partial charge in [0.05, 0.1) is 5.69 Å². The molecule has 0 aliphatic rings. The van der Waals surface area contributed by atoms with Gasteiger partial charge in [-0.1, -0.05) is 12.1 Å². The van der Waals surface area contributed by atoms with E-state index in [1.54, 1.807) is 11.8 Å². The fourth-order valence-corrected chi connectivity index (χ4v) is 1.94. The second-order valence-corrected chi connectivity index (χ2v) is 4.44. The Morgan fingerprint density at radius 2 is 1.88 bits per heavy atom. The molecule has 3 nitrogen and oxygen atoms in total. The summed E-state index contributed by atoms with van der Waals surface area (Å²) in [4.78, 5) is 9.44. The lowest BCUT2D eigenvalue weighted by Gasteiger charge is -2.03. The maximum absolute atomic E-state index is 8.84. The average Bonchev–Trinajstić information content (AvgIpc) is 2.38. The molecule has 4 heteroatoms. The molecule has 0 unspecified atom stereocenters. The number of thioether (sulfide) groups is 1. The molecule has 0 saturated heterocycles. The molecular weight excluding hydrogens is 230 g/mol. The highest BCUT2D eigenvalue weighted by atomic mass is 32.2. The van der Waals surface area contributed by atoms with Gasteiger partial charge in [-0.25, -0.2) is 9.97 Å². The molecular formula is C13H11N3S. The Labute approximate surface area is 105 Å². The van der Waals surface area contributed by atoms with E-state index >= 15 is 0 Å². The molecule has 0 saturated carbocycles. The van der Waals surface area contributed by atoms with Crippen molar-refractivity contribution in [3.63, 3.8) is 0 Å². The number of hydrogen-bond acceptors (Lipinski definition) is 4. The highest BCUT2D eigenvalue weighted by Gasteiger charge is 2.04. The number of hydrogen-bond donors (Lipinski definition) is 0. The molecule has 17 heavy (non-hydrogen) atoms. The molecule has 0 spiro atoms. The van der Waals surface area contributed by atoms with E-state index in [0.29, 0.717) is 0 Å². The van der Waals surface area contributed by atoms with Crippen LogP contribution < -0.4 is 0 Å². The lowest BCUT2D eigenvalue weighted by molar-refractivity contribution is 1.06. The molecule has 0 bridgehead atoms. The Morgan fingerprint density at radius 1 is 1.18 bits per heavy atom. The first-order valence-electron chi connectivity index (χ1n) is 5.13. The van der Waals surface area contributed by atoms with Crippen molar-refractivity contribution in [2.24, 2.45) is 0 Å². The Balaban J connectivity index is 2.45. The minimum absolute atomic E-state index is 0.217. The van der Waals surface area contributed by atoms with Crippen LogP contribution >= 0.6 is 11.8 Å². The smallest absolute Gasteiger partial charge is 0.224 e. The molecule has 0 amide bonds. The van der Waals surface area contributed by atoms with Gasteiger partial charge in [-0.2, -0.15) is 5.26 Å². The van der Waals surface area contributed by atoms with E-state index in [2.05, 4.69) is 9.97 Å². The predicted octanol–water partition coefficient (Wildman–Crippen LogP) is 3.05. The minimum atomic E-state index is 0.217. The summed E-state index contributed by atoms with van der Waals surface area (Å²) in [5.74, 6) is 0.217. The Bertz CT molecular complexity index is 570. The van der Waals surface area contributed by atoms with Gasteiger partial charge in [-0.3, -0.25) is 0 Å². The van der Waals surface area contributed by atoms with Gasteiger partial charge in [-0.05, 0) is 31.4 Å². The third-order valence-electron chi connectivity index (χ3n) is 2.34. The molecule has 2 rings (SSSR count). The summed E-state index contributed by atoms with van der Waals surface area (Å²) in [5, 5.41) is 8.84. The molecule has 0 fully saturated rings. The van der Waals surface area contributed by atoms with Crippen LogP contribution in [0.5, 0.6) is 0 Å². The Hall–Kier alpha value is -1.86. The van der Waals surface area contributed by atoms with Gasteiger partial charge in [0.1, 0.15) is 6.07 Å². The zero-order valence-electron chi connectivity index (χ0n) is 9.64. The maximum atomic E-state index is 8.84. The summed E-state index contributed by atoms with van der Waals surface area (Å²) in [7, 11) is 0. The van der Waals surface area contributed by atoms with E-state index in [9.17, 15) is 0 Å². The summed E-state index contributed by atoms with van der Waals surface area (Å²) < 4.78 is 0. The maximum Gasteiger partial charge on any atom is 0.232 e. The summed E-state index contributed by atoms with van der Waals surface area (Å²) in [5.41, 5.74) is 2.60. The van der Waals surface area contributed by atoms with Crippen molar-refractivity contribution in [3.8, 4) is 17.3 Å². The number of aryl methyl sites for hydroxylation is 1. The van der Waals surface area contributed by atoms with Crippen LogP contribution in [-0.4, -0.2) is 16.2 Å². The third kappa shape index (κ3) is 2.63. The van der Waals surface area contributed by atoms with Crippen LogP contribution in [0.15, 0.2) is 35.2 Å². The van der Waals surface area contributed by atoms with Crippen LogP contribution in [0.1, 0.15) is 11.5 Å². The van der Waals surface area contributed by atoms with Crippen LogP contribution in [0.4, 0.5) is 0 Å². The van der Waals surface area contributed by atoms with E-state index in [1.165, 1.54) is 4.90 Å². The van der Waals surface area contributed by atoms with Crippen LogP contribution in [0.2, 0.25) is 0 Å². The molecule has 2 aromatic rings. The molecule has 0 aliphatic carbocycles. The predicted molar refractivity (Wildman–Crippen MR) is 68.7 cm³/mol. The van der Waals surface area contributed by atoms with Gasteiger partial charge in [-0.15, -0.1) is 11.8 Å². The van der Waals surface area contributed by atoms with Gasteiger partial charge < -0.3 is 0 Å². The molecule has 0 radical (unpaired) electrons. The van der Waals surface area contributed by atoms with Crippen molar-refractivity contribution < 1.29 is 0 Å². The van der Waals surface area contributed by atoms with Crippen molar-refractivity contribution in [3.05, 3.63) is 41.9 Å². The van der Waals surface area contributed by atoms with Crippen LogP contribution in [-0.2, 0) is 0 Å². The molecule has 0 N–H and O–H groups in total. The van der Waals surface area contributed by atoms with Crippen LogP contribution in [0.3, 0.4) is 0 Å². The molecule has 1 aromatic carbocycles. The van der Waals surface area contributed by atoms with Gasteiger partial charge in [0, 0.05) is 16.2 Å². The zero-order chi connectivity index (χ0) is 12.3. The van der Waals surface area contributed by atoms with Crippen molar-refractivity contribution in [2.45, 2.75) is 11.8 Å². The van der Waals surface area contributed by atoms with Crippen LogP contribution in [0.25, 0.3) is 11.3 Å². The fourth-order valence-electron chi connectivity index (χ4n) is 1.53. The molecule has 0 atom stereocenters. The van der Waals surface area contributed by atoms with Crippen LogP contribution in [0, 0.1) is 18.3 Å². The zero-order valence-corrected chi connectivity index (χ0v) is 10.5. The number of rotatable bonds is 2. The van der Waals surface area contributed by atoms with E-state index < -0.39 is 0 Å². The first kappa shape index (κ1) is 11.6. The number of nitrogens with zero attached hydrogens (tertiary/aromatic N) is 3. The SMILES string of the molecule is CSc1ccc(-c2cc(C)nc(C#N)n2)cc1. The Morgan fingerprint density at radius 3 is 2.47 bits per heavy atom. The Kier molecular flexibility index (Phi) is 3.40. The van der Waals surface area contributed by atoms with Gasteiger partial charge in [0.2, 0.25) is 5.82 Å². The summed E-state index contributed by atoms with van der Waals surface area (Å²) in [6, 6.07) is 12.0. The lowest BCUT2D eigenvalue weighted by Crippen LogP contribution is -1.94. The van der Waals surface area contributed by atoms with Gasteiger partial charge in [0.25, 0.3) is 0 Å². The fraction of sp³-hybridized carbons (Fsp3) is 0.154. The topological polar surface area (TPSA) is 49.6 Å². The average molecular weight is 241 g/mol. The number of aromatic nitrogens is 2. The van der Waals surface area contributed by atoms with Crippen molar-refractivity contribution >= 4 is 11.8 Å². The highest BCUT2D eigenvalue weighted by molar-refractivity contribution is 7.98. The second-order valence-electron chi connectivity index (χ2n) is 3.56. The molecule has 1 heterocycles. The van der Waals surface area contributed by atoms with Crippen molar-refractivity contribution in [1.82, 2.24) is 9.97 Å². The molecule has 84 valence electrons. The highest BCUT2D eigenvalue weighted by Crippen LogP contribution is 2.21. The quantitative estimate of drug-likeness (QED) is 0.758. The van der Waals surface area contributed by atoms with Crippen molar-refractivity contribution in [1.29, 1.82) is 5.26 Å². The summed E-state index contributed by atoms with van der Waals surface area (Å²) in [6.45, 7) is 1.86. The normalized spacial score (nSPS) is 9.94. The van der Waals surface area contributed by atoms with E-state index in [0.717, 1.165) is 17.0 Å². The van der Waals surface area contributed by atoms with E-state index in [4.69, 9.17) is 5.26 Å². The first-order valence-corrected chi connectivity index (χ1v) is 6.35. The van der Waals surface area contributed by atoms with E-state index in [1.807, 2.05) is 49.6 Å². The summed E-state index contributed by atoms with van der Waals surface area (Å²) >= 11 is 1.70. The number of nitriles is 1. The largest absolute Gasteiger partial charge is 0.232 e. The standard InChI is InChI=1S/C13H11N3S/c1-9-7-12(16-13(8-14)15-9)10-3-5-11(17-2)6-4-10/h3-7H,1-2H3. The van der Waals surface area contributed by atoms with Gasteiger partial charge in [0.15, 0.2) is 0 Å². The summed E-state index contributed by atoms with van der Waals surface area (Å²) in [6.07, 6.45) is 2.04. The minimum Gasteiger partial charge on any atom is -0.224 e. The number of benzene rings is 1. The molecule has 1 aromatic heterocycles. The first-order chi connectivity index (χ1) is 8.22. The monoisotopic (exact) mass is 241 g/mol.